The number of hydrogen-bond acceptors (Lipinski definition) is 4. The van der Waals surface area contributed by atoms with Crippen molar-refractivity contribution in [3.8, 4) is 5.75 Å². The molecule has 0 bridgehead atoms. The predicted molar refractivity (Wildman–Crippen MR) is 99.5 cm³/mol. The maximum atomic E-state index is 13.2. The van der Waals surface area contributed by atoms with Gasteiger partial charge in [0.15, 0.2) is 0 Å². The van der Waals surface area contributed by atoms with Crippen molar-refractivity contribution in [1.29, 1.82) is 0 Å². The maximum absolute atomic E-state index is 13.2. The van der Waals surface area contributed by atoms with Crippen LogP contribution in [0.25, 0.3) is 0 Å². The molecule has 0 radical (unpaired) electrons. The van der Waals surface area contributed by atoms with Gasteiger partial charge in [-0.3, -0.25) is 9.59 Å². The molecule has 0 aliphatic rings. The Bertz CT molecular complexity index is 974. The van der Waals surface area contributed by atoms with Crippen molar-refractivity contribution < 1.29 is 18.7 Å². The van der Waals surface area contributed by atoms with Gasteiger partial charge in [-0.15, -0.1) is 0 Å². The maximum Gasteiger partial charge on any atom is 0.274 e. The van der Waals surface area contributed by atoms with E-state index in [9.17, 15) is 14.0 Å². The lowest BCUT2D eigenvalue weighted by Crippen LogP contribution is -2.18. The summed E-state index contributed by atoms with van der Waals surface area (Å²) in [4.78, 5) is 28.7. The molecule has 7 heteroatoms. The zero-order valence-corrected chi connectivity index (χ0v) is 14.4. The first-order valence-electron chi connectivity index (χ1n) is 8.04. The van der Waals surface area contributed by atoms with Crippen molar-refractivity contribution in [3.63, 3.8) is 0 Å². The van der Waals surface area contributed by atoms with E-state index in [1.807, 2.05) is 0 Å². The summed E-state index contributed by atoms with van der Waals surface area (Å²) in [5.41, 5.74) is 0.992. The molecular formula is C20H16FN3O3. The number of pyridine rings is 1. The average molecular weight is 365 g/mol. The number of hydrogen-bond donors (Lipinski definition) is 2. The van der Waals surface area contributed by atoms with Crippen molar-refractivity contribution >= 4 is 23.2 Å². The fourth-order valence-corrected chi connectivity index (χ4v) is 2.32. The third-order valence-corrected chi connectivity index (χ3v) is 3.64. The first kappa shape index (κ1) is 18.1. The summed E-state index contributed by atoms with van der Waals surface area (Å²) in [6.07, 6.45) is 0. The molecule has 2 N–H and O–H groups in total. The summed E-state index contributed by atoms with van der Waals surface area (Å²) in [5.74, 6) is -0.796. The van der Waals surface area contributed by atoms with Crippen LogP contribution < -0.4 is 15.4 Å². The van der Waals surface area contributed by atoms with E-state index in [0.717, 1.165) is 0 Å². The Kier molecular flexibility index (Phi) is 5.41. The number of amides is 2. The Morgan fingerprint density at radius 2 is 1.44 bits per heavy atom. The van der Waals surface area contributed by atoms with Gasteiger partial charge in [0.2, 0.25) is 0 Å². The van der Waals surface area contributed by atoms with Crippen LogP contribution in [0.2, 0.25) is 0 Å². The molecule has 0 unspecified atom stereocenters. The van der Waals surface area contributed by atoms with E-state index >= 15 is 0 Å². The van der Waals surface area contributed by atoms with Crippen molar-refractivity contribution in [1.82, 2.24) is 4.98 Å². The summed E-state index contributed by atoms with van der Waals surface area (Å²) in [6, 6.07) is 16.8. The van der Waals surface area contributed by atoms with Gasteiger partial charge in [-0.2, -0.15) is 0 Å². The van der Waals surface area contributed by atoms with E-state index in [2.05, 4.69) is 15.6 Å². The van der Waals surface area contributed by atoms with Crippen LogP contribution in [-0.4, -0.2) is 23.9 Å². The molecule has 0 aliphatic heterocycles. The molecule has 3 rings (SSSR count). The quantitative estimate of drug-likeness (QED) is 0.722. The number of rotatable bonds is 5. The number of carbonyl (C=O) groups excluding carboxylic acids is 2. The minimum Gasteiger partial charge on any atom is -0.497 e. The molecule has 3 aromatic rings. The lowest BCUT2D eigenvalue weighted by atomic mass is 10.2. The fourth-order valence-electron chi connectivity index (χ4n) is 2.32. The highest BCUT2D eigenvalue weighted by molar-refractivity contribution is 6.06. The molecule has 0 atom stereocenters. The highest BCUT2D eigenvalue weighted by atomic mass is 19.1. The normalized spacial score (nSPS) is 10.1. The molecule has 6 nitrogen and oxygen atoms in total. The van der Waals surface area contributed by atoms with Crippen molar-refractivity contribution in [2.24, 2.45) is 0 Å². The number of ether oxygens (including phenoxy) is 1. The van der Waals surface area contributed by atoms with Gasteiger partial charge < -0.3 is 15.4 Å². The van der Waals surface area contributed by atoms with Crippen molar-refractivity contribution in [2.45, 2.75) is 0 Å². The van der Waals surface area contributed by atoms with Gasteiger partial charge in [0, 0.05) is 11.4 Å². The molecular weight excluding hydrogens is 349 g/mol. The van der Waals surface area contributed by atoms with E-state index in [0.29, 0.717) is 17.1 Å². The highest BCUT2D eigenvalue weighted by Gasteiger charge is 2.13. The standard InChI is InChI=1S/C20H16FN3O3/c1-27-16-10-8-14(9-11-16)22-19(25)17-6-3-7-18(24-17)20(26)23-15-5-2-4-13(21)12-15/h2-12H,1H3,(H,22,25)(H,23,26). The largest absolute Gasteiger partial charge is 0.497 e. The van der Waals surface area contributed by atoms with E-state index in [1.165, 1.54) is 30.3 Å². The van der Waals surface area contributed by atoms with Gasteiger partial charge in [0.25, 0.3) is 11.8 Å². The number of aromatic nitrogens is 1. The summed E-state index contributed by atoms with van der Waals surface area (Å²) < 4.78 is 18.3. The second kappa shape index (κ2) is 8.09. The molecule has 0 aliphatic carbocycles. The van der Waals surface area contributed by atoms with Crippen LogP contribution in [0, 0.1) is 5.82 Å². The topological polar surface area (TPSA) is 80.3 Å². The van der Waals surface area contributed by atoms with Crippen LogP contribution in [0.4, 0.5) is 15.8 Å². The molecule has 1 heterocycles. The molecule has 2 aromatic carbocycles. The van der Waals surface area contributed by atoms with E-state index in [-0.39, 0.29) is 11.4 Å². The van der Waals surface area contributed by atoms with Crippen LogP contribution in [0.3, 0.4) is 0 Å². The minimum atomic E-state index is -0.542. The summed E-state index contributed by atoms with van der Waals surface area (Å²) in [6.45, 7) is 0. The summed E-state index contributed by atoms with van der Waals surface area (Å²) in [7, 11) is 1.55. The van der Waals surface area contributed by atoms with Crippen LogP contribution in [0.15, 0.2) is 66.7 Å². The van der Waals surface area contributed by atoms with E-state index in [1.54, 1.807) is 43.5 Å². The number of benzene rings is 2. The third kappa shape index (κ3) is 4.66. The Hall–Kier alpha value is -3.74. The first-order chi connectivity index (χ1) is 13.0. The van der Waals surface area contributed by atoms with Gasteiger partial charge in [0.1, 0.15) is 23.0 Å². The molecule has 136 valence electrons. The monoisotopic (exact) mass is 365 g/mol. The molecule has 0 saturated carbocycles. The molecule has 0 spiro atoms. The van der Waals surface area contributed by atoms with Crippen molar-refractivity contribution in [3.05, 3.63) is 83.9 Å². The summed E-state index contributed by atoms with van der Waals surface area (Å²) in [5, 5.41) is 5.24. The molecule has 27 heavy (non-hydrogen) atoms. The Morgan fingerprint density at radius 1 is 0.852 bits per heavy atom. The van der Waals surface area contributed by atoms with Gasteiger partial charge in [-0.1, -0.05) is 12.1 Å². The highest BCUT2D eigenvalue weighted by Crippen LogP contribution is 2.16. The predicted octanol–water partition coefficient (Wildman–Crippen LogP) is 3.73. The SMILES string of the molecule is COc1ccc(NC(=O)c2cccc(C(=O)Nc3cccc(F)c3)n2)cc1. The number of carbonyl (C=O) groups is 2. The Labute approximate surface area is 155 Å². The average Bonchev–Trinajstić information content (AvgIpc) is 2.68. The van der Waals surface area contributed by atoms with Crippen LogP contribution in [0.5, 0.6) is 5.75 Å². The number of halogens is 1. The number of anilines is 2. The van der Waals surface area contributed by atoms with Gasteiger partial charge in [0.05, 0.1) is 7.11 Å². The van der Waals surface area contributed by atoms with Gasteiger partial charge in [-0.25, -0.2) is 9.37 Å². The minimum absolute atomic E-state index is 0.0432. The lowest BCUT2D eigenvalue weighted by molar-refractivity contribution is 0.101. The second-order valence-electron chi connectivity index (χ2n) is 5.56. The van der Waals surface area contributed by atoms with Crippen LogP contribution in [0.1, 0.15) is 21.0 Å². The summed E-state index contributed by atoms with van der Waals surface area (Å²) >= 11 is 0. The van der Waals surface area contributed by atoms with E-state index in [4.69, 9.17) is 4.74 Å². The van der Waals surface area contributed by atoms with Gasteiger partial charge in [-0.05, 0) is 54.6 Å². The number of nitrogens with one attached hydrogen (secondary N) is 2. The lowest BCUT2D eigenvalue weighted by Gasteiger charge is -2.08. The van der Waals surface area contributed by atoms with Gasteiger partial charge >= 0.3 is 0 Å². The fraction of sp³-hybridized carbons (Fsp3) is 0.0500. The molecule has 0 saturated heterocycles. The Balaban J connectivity index is 1.71. The van der Waals surface area contributed by atoms with E-state index < -0.39 is 17.6 Å². The molecule has 0 fully saturated rings. The Morgan fingerprint density at radius 3 is 2.04 bits per heavy atom. The van der Waals surface area contributed by atoms with Crippen LogP contribution in [-0.2, 0) is 0 Å². The third-order valence-electron chi connectivity index (χ3n) is 3.64. The smallest absolute Gasteiger partial charge is 0.274 e. The molecule has 1 aromatic heterocycles. The zero-order valence-electron chi connectivity index (χ0n) is 14.4. The number of nitrogens with zero attached hydrogens (tertiary/aromatic N) is 1. The number of methoxy groups -OCH3 is 1. The first-order valence-corrected chi connectivity index (χ1v) is 8.04. The zero-order chi connectivity index (χ0) is 19.2. The second-order valence-corrected chi connectivity index (χ2v) is 5.56. The van der Waals surface area contributed by atoms with Crippen LogP contribution >= 0.6 is 0 Å². The molecule has 2 amide bonds. The van der Waals surface area contributed by atoms with Crippen molar-refractivity contribution in [2.75, 3.05) is 17.7 Å².